The molecule has 2 aliphatic rings. The van der Waals surface area contributed by atoms with Crippen LogP contribution in [-0.4, -0.2) is 62.8 Å². The van der Waals surface area contributed by atoms with Gasteiger partial charge in [0.1, 0.15) is 5.60 Å². The van der Waals surface area contributed by atoms with E-state index in [9.17, 15) is 18.0 Å². The van der Waals surface area contributed by atoms with Crippen LogP contribution in [0.3, 0.4) is 0 Å². The van der Waals surface area contributed by atoms with Gasteiger partial charge in [-0.25, -0.2) is 18.0 Å². The minimum Gasteiger partial charge on any atom is -0.464 e. The first kappa shape index (κ1) is 20.3. The summed E-state index contributed by atoms with van der Waals surface area (Å²) in [6, 6.07) is 5.80. The molecule has 2 aliphatic heterocycles. The van der Waals surface area contributed by atoms with Gasteiger partial charge in [-0.05, 0) is 25.1 Å². The summed E-state index contributed by atoms with van der Waals surface area (Å²) in [7, 11) is -2.50. The van der Waals surface area contributed by atoms with Crippen molar-refractivity contribution in [2.45, 2.75) is 36.7 Å². The number of carbonyl (C=O) groups is 2. The Balaban J connectivity index is 1.70. The van der Waals surface area contributed by atoms with E-state index < -0.39 is 27.6 Å². The lowest BCUT2D eigenvalue weighted by atomic mass is 9.88. The standard InChI is InChI=1S/C18H22N2O7S/c1-3-26-16(21)13-5-4-6-14(11-13)28(23,24)20-9-7-18(8-10-20)12-15(19-27-18)17(22)25-2/h4-6,11H,3,7-10,12H2,1-2H3. The van der Waals surface area contributed by atoms with Crippen molar-refractivity contribution in [1.82, 2.24) is 4.31 Å². The van der Waals surface area contributed by atoms with E-state index in [0.717, 1.165) is 0 Å². The largest absolute Gasteiger partial charge is 0.464 e. The van der Waals surface area contributed by atoms with E-state index in [0.29, 0.717) is 19.3 Å². The Morgan fingerprint density at radius 3 is 2.61 bits per heavy atom. The number of esters is 2. The normalized spacial score (nSPS) is 19.0. The van der Waals surface area contributed by atoms with E-state index in [4.69, 9.17) is 9.57 Å². The van der Waals surface area contributed by atoms with Crippen LogP contribution in [0.4, 0.5) is 0 Å². The third-order valence-corrected chi connectivity index (χ3v) is 6.77. The lowest BCUT2D eigenvalue weighted by Gasteiger charge is -2.36. The smallest absolute Gasteiger partial charge is 0.355 e. The maximum atomic E-state index is 13.0. The van der Waals surface area contributed by atoms with Crippen molar-refractivity contribution in [2.75, 3.05) is 26.8 Å². The van der Waals surface area contributed by atoms with Crippen molar-refractivity contribution < 1.29 is 32.3 Å². The van der Waals surface area contributed by atoms with Crippen LogP contribution in [0.1, 0.15) is 36.5 Å². The zero-order valence-electron chi connectivity index (χ0n) is 15.7. The van der Waals surface area contributed by atoms with Crippen molar-refractivity contribution >= 4 is 27.7 Å². The number of methoxy groups -OCH3 is 1. The molecule has 152 valence electrons. The van der Waals surface area contributed by atoms with Gasteiger partial charge in [-0.2, -0.15) is 4.31 Å². The third kappa shape index (κ3) is 3.88. The van der Waals surface area contributed by atoms with Crippen molar-refractivity contribution in [1.29, 1.82) is 0 Å². The van der Waals surface area contributed by atoms with E-state index in [2.05, 4.69) is 9.89 Å². The van der Waals surface area contributed by atoms with Gasteiger partial charge in [0.15, 0.2) is 5.71 Å². The van der Waals surface area contributed by atoms with Gasteiger partial charge in [0.25, 0.3) is 0 Å². The second-order valence-corrected chi connectivity index (χ2v) is 8.57. The molecule has 0 aromatic heterocycles. The number of oxime groups is 1. The van der Waals surface area contributed by atoms with Crippen molar-refractivity contribution in [3.8, 4) is 0 Å². The van der Waals surface area contributed by atoms with Crippen molar-refractivity contribution in [2.24, 2.45) is 5.16 Å². The number of benzene rings is 1. The molecule has 28 heavy (non-hydrogen) atoms. The number of piperidine rings is 1. The summed E-state index contributed by atoms with van der Waals surface area (Å²) in [6.45, 7) is 2.33. The van der Waals surface area contributed by atoms with Crippen LogP contribution in [0.5, 0.6) is 0 Å². The maximum Gasteiger partial charge on any atom is 0.355 e. The minimum atomic E-state index is -3.77. The highest BCUT2D eigenvalue weighted by Crippen LogP contribution is 2.36. The average Bonchev–Trinajstić information content (AvgIpc) is 3.11. The molecule has 9 nitrogen and oxygen atoms in total. The molecule has 1 aromatic rings. The quantitative estimate of drug-likeness (QED) is 0.673. The molecule has 1 aromatic carbocycles. The van der Waals surface area contributed by atoms with Gasteiger partial charge in [0, 0.05) is 32.4 Å². The van der Waals surface area contributed by atoms with Crippen LogP contribution in [0.2, 0.25) is 0 Å². The molecular formula is C18H22N2O7S. The van der Waals surface area contributed by atoms with Crippen LogP contribution in [0.25, 0.3) is 0 Å². The first-order valence-electron chi connectivity index (χ1n) is 8.92. The molecule has 0 N–H and O–H groups in total. The summed E-state index contributed by atoms with van der Waals surface area (Å²) in [6.07, 6.45) is 1.09. The second-order valence-electron chi connectivity index (χ2n) is 6.63. The molecule has 0 unspecified atom stereocenters. The summed E-state index contributed by atoms with van der Waals surface area (Å²) < 4.78 is 36.9. The zero-order valence-corrected chi connectivity index (χ0v) is 16.5. The van der Waals surface area contributed by atoms with Gasteiger partial charge < -0.3 is 14.3 Å². The summed E-state index contributed by atoms with van der Waals surface area (Å²) >= 11 is 0. The molecule has 1 saturated heterocycles. The van der Waals surface area contributed by atoms with Gasteiger partial charge in [0.2, 0.25) is 10.0 Å². The average molecular weight is 410 g/mol. The van der Waals surface area contributed by atoms with Gasteiger partial charge in [-0.3, -0.25) is 0 Å². The monoisotopic (exact) mass is 410 g/mol. The second kappa shape index (κ2) is 7.88. The summed E-state index contributed by atoms with van der Waals surface area (Å²) in [4.78, 5) is 29.0. The molecule has 0 bridgehead atoms. The SMILES string of the molecule is CCOC(=O)c1cccc(S(=O)(=O)N2CCC3(CC2)CC(C(=O)OC)=NO3)c1. The molecule has 0 aliphatic carbocycles. The molecule has 0 atom stereocenters. The molecule has 0 saturated carbocycles. The maximum absolute atomic E-state index is 13.0. The zero-order chi connectivity index (χ0) is 20.4. The van der Waals surface area contributed by atoms with Crippen LogP contribution < -0.4 is 0 Å². The highest BCUT2D eigenvalue weighted by Gasteiger charge is 2.46. The number of carbonyl (C=O) groups excluding carboxylic acids is 2. The van der Waals surface area contributed by atoms with E-state index >= 15 is 0 Å². The Bertz CT molecular complexity index is 902. The predicted octanol–water partition coefficient (Wildman–Crippen LogP) is 1.34. The lowest BCUT2D eigenvalue weighted by Crippen LogP contribution is -2.47. The van der Waals surface area contributed by atoms with Gasteiger partial charge in [0.05, 0.1) is 24.2 Å². The van der Waals surface area contributed by atoms with E-state index in [1.807, 2.05) is 0 Å². The topological polar surface area (TPSA) is 112 Å². The van der Waals surface area contributed by atoms with E-state index in [-0.39, 0.29) is 35.9 Å². The first-order chi connectivity index (χ1) is 13.3. The summed E-state index contributed by atoms with van der Waals surface area (Å²) in [5.74, 6) is -1.10. The first-order valence-corrected chi connectivity index (χ1v) is 10.4. The van der Waals surface area contributed by atoms with Crippen molar-refractivity contribution in [3.05, 3.63) is 29.8 Å². The Morgan fingerprint density at radius 1 is 1.25 bits per heavy atom. The Morgan fingerprint density at radius 2 is 1.96 bits per heavy atom. The van der Waals surface area contributed by atoms with Gasteiger partial charge in [-0.1, -0.05) is 11.2 Å². The van der Waals surface area contributed by atoms with Gasteiger partial charge in [-0.15, -0.1) is 0 Å². The predicted molar refractivity (Wildman–Crippen MR) is 98.3 cm³/mol. The third-order valence-electron chi connectivity index (χ3n) is 4.88. The fourth-order valence-electron chi connectivity index (χ4n) is 3.30. The number of ether oxygens (including phenoxy) is 2. The van der Waals surface area contributed by atoms with Gasteiger partial charge >= 0.3 is 11.9 Å². The van der Waals surface area contributed by atoms with Crippen LogP contribution in [0, 0.1) is 0 Å². The summed E-state index contributed by atoms with van der Waals surface area (Å²) in [5, 5.41) is 3.80. The Hall–Kier alpha value is -2.46. The highest BCUT2D eigenvalue weighted by molar-refractivity contribution is 7.89. The van der Waals surface area contributed by atoms with E-state index in [1.165, 1.54) is 35.7 Å². The molecule has 0 radical (unpaired) electrons. The summed E-state index contributed by atoms with van der Waals surface area (Å²) in [5.41, 5.74) is -0.282. The van der Waals surface area contributed by atoms with Crippen LogP contribution in [-0.2, 0) is 29.1 Å². The molecule has 2 heterocycles. The van der Waals surface area contributed by atoms with Crippen molar-refractivity contribution in [3.63, 3.8) is 0 Å². The fraction of sp³-hybridized carbons (Fsp3) is 0.500. The number of hydrogen-bond donors (Lipinski definition) is 0. The van der Waals surface area contributed by atoms with Crippen LogP contribution in [0.15, 0.2) is 34.3 Å². The molecule has 0 amide bonds. The van der Waals surface area contributed by atoms with Crippen LogP contribution >= 0.6 is 0 Å². The molecule has 1 spiro atoms. The fourth-order valence-corrected chi connectivity index (χ4v) is 4.79. The Kier molecular flexibility index (Phi) is 5.71. The van der Waals surface area contributed by atoms with E-state index in [1.54, 1.807) is 6.92 Å². The highest BCUT2D eigenvalue weighted by atomic mass is 32.2. The number of sulfonamides is 1. The molecule has 3 rings (SSSR count). The number of rotatable bonds is 5. The molecular weight excluding hydrogens is 388 g/mol. The molecule has 1 fully saturated rings. The molecule has 10 heteroatoms. The number of hydrogen-bond acceptors (Lipinski definition) is 8. The number of nitrogens with zero attached hydrogens (tertiary/aromatic N) is 2. The lowest BCUT2D eigenvalue weighted by molar-refractivity contribution is -0.132. The minimum absolute atomic E-state index is 0.0350. The Labute approximate surface area is 163 Å².